The number of benzene rings is 2. The van der Waals surface area contributed by atoms with Gasteiger partial charge in [-0.1, -0.05) is 30.3 Å². The minimum Gasteiger partial charge on any atom is -0.478 e. The zero-order valence-electron chi connectivity index (χ0n) is 12.7. The highest BCUT2D eigenvalue weighted by Crippen LogP contribution is 2.33. The predicted molar refractivity (Wildman–Crippen MR) is 119 cm³/mol. The molecule has 0 fully saturated rings. The average molecular weight is 678 g/mol. The minimum atomic E-state index is -1.05. The number of anilines is 1. The molecule has 4 N–H and O–H groups in total. The Labute approximate surface area is 185 Å². The fourth-order valence-corrected chi connectivity index (χ4v) is 6.02. The lowest BCUT2D eigenvalue weighted by atomic mass is 10.1. The summed E-state index contributed by atoms with van der Waals surface area (Å²) in [5.41, 5.74) is 8.09. The first kappa shape index (κ1) is 20.5. The van der Waals surface area contributed by atoms with Crippen molar-refractivity contribution in [3.63, 3.8) is 0 Å². The van der Waals surface area contributed by atoms with Gasteiger partial charge in [-0.15, -0.1) is 0 Å². The summed E-state index contributed by atoms with van der Waals surface area (Å²) in [6, 6.07) is 9.33. The summed E-state index contributed by atoms with van der Waals surface area (Å²) in [6.45, 7) is 0.293. The summed E-state index contributed by atoms with van der Waals surface area (Å²) in [5.74, 6) is -1.05. The Morgan fingerprint density at radius 2 is 1.72 bits per heavy atom. The molecule has 0 spiro atoms. The first-order valence-corrected chi connectivity index (χ1v) is 10.2. The number of carboxylic acids is 1. The highest BCUT2D eigenvalue weighted by molar-refractivity contribution is 14.1. The molecule has 9 heteroatoms. The van der Waals surface area contributed by atoms with Crippen molar-refractivity contribution < 1.29 is 19.4 Å². The van der Waals surface area contributed by atoms with Crippen LogP contribution >= 0.6 is 67.8 Å². The van der Waals surface area contributed by atoms with Gasteiger partial charge in [0.25, 0.3) is 0 Å². The van der Waals surface area contributed by atoms with Crippen molar-refractivity contribution >= 4 is 85.5 Å². The lowest BCUT2D eigenvalue weighted by Gasteiger charge is -2.16. The van der Waals surface area contributed by atoms with Crippen molar-refractivity contribution in [1.29, 1.82) is 0 Å². The topological polar surface area (TPSA) is 102 Å². The number of carbonyl (C=O) groups is 2. The summed E-state index contributed by atoms with van der Waals surface area (Å²) < 4.78 is 6.93. The van der Waals surface area contributed by atoms with Crippen LogP contribution in [0.4, 0.5) is 10.5 Å². The SMILES string of the molecule is Nc1c(I)c(CNC(=O)OCc2ccccc2)c(I)c(C(=O)O)c1I. The van der Waals surface area contributed by atoms with Crippen LogP contribution in [0.2, 0.25) is 0 Å². The molecule has 0 saturated heterocycles. The number of nitrogens with two attached hydrogens (primary N) is 1. The predicted octanol–water partition coefficient (Wildman–Crippen LogP) is 4.21. The molecule has 25 heavy (non-hydrogen) atoms. The molecule has 0 aliphatic rings. The molecule has 0 aromatic heterocycles. The Kier molecular flexibility index (Phi) is 7.54. The first-order valence-electron chi connectivity index (χ1n) is 6.95. The van der Waals surface area contributed by atoms with E-state index in [-0.39, 0.29) is 18.7 Å². The van der Waals surface area contributed by atoms with E-state index in [0.717, 1.165) is 9.13 Å². The average Bonchev–Trinajstić information content (AvgIpc) is 2.58. The Morgan fingerprint density at radius 3 is 2.32 bits per heavy atom. The maximum atomic E-state index is 11.9. The van der Waals surface area contributed by atoms with Crippen molar-refractivity contribution in [2.24, 2.45) is 0 Å². The number of halogens is 3. The molecular formula is C16H13I3N2O4. The molecule has 0 aliphatic carbocycles. The largest absolute Gasteiger partial charge is 0.478 e. The summed E-state index contributed by atoms with van der Waals surface area (Å²) in [5, 5.41) is 12.0. The number of hydrogen-bond acceptors (Lipinski definition) is 4. The third-order valence-electron chi connectivity index (χ3n) is 3.28. The monoisotopic (exact) mass is 678 g/mol. The molecule has 0 atom stereocenters. The molecule has 0 radical (unpaired) electrons. The molecule has 2 aromatic rings. The molecule has 0 bridgehead atoms. The third-order valence-corrected chi connectivity index (χ3v) is 6.82. The number of aromatic carboxylic acids is 1. The van der Waals surface area contributed by atoms with E-state index in [1.165, 1.54) is 0 Å². The summed E-state index contributed by atoms with van der Waals surface area (Å²) in [4.78, 5) is 23.4. The zero-order valence-corrected chi connectivity index (χ0v) is 19.2. The Morgan fingerprint density at radius 1 is 1.08 bits per heavy atom. The second-order valence-corrected chi connectivity index (χ2v) is 8.17. The quantitative estimate of drug-likeness (QED) is 0.326. The molecule has 6 nitrogen and oxygen atoms in total. The number of hydrogen-bond donors (Lipinski definition) is 3. The van der Waals surface area contributed by atoms with Crippen LogP contribution in [0, 0.1) is 10.7 Å². The number of carbonyl (C=O) groups excluding carboxylic acids is 1. The zero-order chi connectivity index (χ0) is 18.6. The lowest BCUT2D eigenvalue weighted by Crippen LogP contribution is -2.25. The first-order chi connectivity index (χ1) is 11.8. The number of nitrogen functional groups attached to an aromatic ring is 1. The van der Waals surface area contributed by atoms with E-state index in [0.29, 0.717) is 18.4 Å². The third kappa shape index (κ3) is 5.09. The van der Waals surface area contributed by atoms with Gasteiger partial charge in [0.1, 0.15) is 6.61 Å². The maximum Gasteiger partial charge on any atom is 0.407 e. The number of rotatable bonds is 5. The van der Waals surface area contributed by atoms with Gasteiger partial charge in [0.2, 0.25) is 0 Å². The molecule has 0 saturated carbocycles. The molecule has 0 heterocycles. The maximum absolute atomic E-state index is 11.9. The molecule has 2 aromatic carbocycles. The summed E-state index contributed by atoms with van der Waals surface area (Å²) >= 11 is 5.94. The van der Waals surface area contributed by atoms with Crippen molar-refractivity contribution in [2.45, 2.75) is 13.2 Å². The van der Waals surface area contributed by atoms with E-state index in [4.69, 9.17) is 10.5 Å². The molecule has 1 amide bonds. The fourth-order valence-electron chi connectivity index (χ4n) is 2.01. The van der Waals surface area contributed by atoms with Crippen molar-refractivity contribution in [2.75, 3.05) is 5.73 Å². The molecule has 132 valence electrons. The molecule has 0 aliphatic heterocycles. The number of alkyl carbamates (subject to hydrolysis) is 1. The second kappa shape index (κ2) is 9.21. The van der Waals surface area contributed by atoms with Gasteiger partial charge >= 0.3 is 12.1 Å². The Balaban J connectivity index is 2.10. The van der Waals surface area contributed by atoms with E-state index in [9.17, 15) is 14.7 Å². The molecule has 0 unspecified atom stereocenters. The number of ether oxygens (including phenoxy) is 1. The van der Waals surface area contributed by atoms with E-state index < -0.39 is 12.1 Å². The number of carboxylic acid groups (broad SMARTS) is 1. The van der Waals surface area contributed by atoms with Crippen LogP contribution in [0.15, 0.2) is 30.3 Å². The van der Waals surface area contributed by atoms with Gasteiger partial charge in [0.15, 0.2) is 0 Å². The van der Waals surface area contributed by atoms with Gasteiger partial charge < -0.3 is 20.9 Å². The van der Waals surface area contributed by atoms with Gasteiger partial charge in [-0.05, 0) is 73.3 Å². The Bertz CT molecular complexity index is 813. The lowest BCUT2D eigenvalue weighted by molar-refractivity contribution is 0.0694. The standard InChI is InChI=1S/C16H13I3N2O4/c17-11-9(12(18)14(20)13(19)10(11)15(22)23)6-21-16(24)25-7-8-4-2-1-3-5-8/h1-5H,6-7,20H2,(H,21,24)(H,22,23). The van der Waals surface area contributed by atoms with E-state index in [1.54, 1.807) is 0 Å². The fraction of sp³-hybridized carbons (Fsp3) is 0.125. The van der Waals surface area contributed by atoms with Crippen LogP contribution in [-0.2, 0) is 17.9 Å². The number of nitrogens with one attached hydrogen (secondary N) is 1. The van der Waals surface area contributed by atoms with Crippen LogP contribution in [-0.4, -0.2) is 17.2 Å². The summed E-state index contributed by atoms with van der Waals surface area (Å²) in [7, 11) is 0. The molecular weight excluding hydrogens is 665 g/mol. The highest BCUT2D eigenvalue weighted by atomic mass is 127. The normalized spacial score (nSPS) is 10.4. The van der Waals surface area contributed by atoms with E-state index in [1.807, 2.05) is 75.5 Å². The summed E-state index contributed by atoms with van der Waals surface area (Å²) in [6.07, 6.45) is -0.579. The van der Waals surface area contributed by atoms with Crippen LogP contribution in [0.1, 0.15) is 21.5 Å². The van der Waals surface area contributed by atoms with Crippen LogP contribution in [0.3, 0.4) is 0 Å². The molecule has 2 rings (SSSR count). The second-order valence-electron chi connectivity index (χ2n) is 4.93. The smallest absolute Gasteiger partial charge is 0.407 e. The van der Waals surface area contributed by atoms with Crippen LogP contribution < -0.4 is 11.1 Å². The highest BCUT2D eigenvalue weighted by Gasteiger charge is 2.23. The van der Waals surface area contributed by atoms with E-state index in [2.05, 4.69) is 27.9 Å². The van der Waals surface area contributed by atoms with Gasteiger partial charge in [0.05, 0.1) is 14.8 Å². The van der Waals surface area contributed by atoms with Crippen molar-refractivity contribution in [3.05, 3.63) is 57.7 Å². The van der Waals surface area contributed by atoms with Gasteiger partial charge in [-0.2, -0.15) is 0 Å². The Hall–Kier alpha value is -0.830. The van der Waals surface area contributed by atoms with Gasteiger partial charge in [-0.25, -0.2) is 9.59 Å². The van der Waals surface area contributed by atoms with Crippen molar-refractivity contribution in [1.82, 2.24) is 5.32 Å². The number of amides is 1. The van der Waals surface area contributed by atoms with Crippen LogP contribution in [0.25, 0.3) is 0 Å². The van der Waals surface area contributed by atoms with Gasteiger partial charge in [-0.3, -0.25) is 0 Å². The van der Waals surface area contributed by atoms with E-state index >= 15 is 0 Å². The van der Waals surface area contributed by atoms with Crippen molar-refractivity contribution in [3.8, 4) is 0 Å². The minimum absolute atomic E-state index is 0.131. The van der Waals surface area contributed by atoms with Gasteiger partial charge in [0, 0.05) is 19.2 Å². The van der Waals surface area contributed by atoms with Crippen LogP contribution in [0.5, 0.6) is 0 Å².